The molecule has 0 amide bonds. The molecule has 0 aromatic carbocycles. The van der Waals surface area contributed by atoms with Crippen LogP contribution in [-0.4, -0.2) is 99.9 Å². The summed E-state index contributed by atoms with van der Waals surface area (Å²) in [4.78, 5) is 36.2. The van der Waals surface area contributed by atoms with Gasteiger partial charge >= 0.3 is 17.9 Å². The zero-order chi connectivity index (χ0) is 24.4. The lowest BCUT2D eigenvalue weighted by Gasteiger charge is -2.22. The Bertz CT molecular complexity index is 509. The van der Waals surface area contributed by atoms with Crippen molar-refractivity contribution in [3.8, 4) is 0 Å². The van der Waals surface area contributed by atoms with E-state index >= 15 is 0 Å². The summed E-state index contributed by atoms with van der Waals surface area (Å²) >= 11 is 18.4. The Kier molecular flexibility index (Phi) is 22.2. The minimum Gasteiger partial charge on any atom is -0.464 e. The molecule has 0 fully saturated rings. The lowest BCUT2D eigenvalue weighted by atomic mass is 10.4. The zero-order valence-electron chi connectivity index (χ0n) is 17.0. The van der Waals surface area contributed by atoms with Crippen molar-refractivity contribution in [3.63, 3.8) is 0 Å². The van der Waals surface area contributed by atoms with Crippen LogP contribution in [0.15, 0.2) is 0 Å². The quantitative estimate of drug-likeness (QED) is 0.0835. The SMILES string of the molecule is O=C(OCCCN(CCOCCOC(=O)C(Br)Br)CCOCCOC(=O)C(Br)Br)C(Br)Br. The molecule has 0 unspecified atom stereocenters. The van der Waals surface area contributed by atoms with Crippen molar-refractivity contribution >= 4 is 113 Å². The fraction of sp³-hybridized carbons (Fsp3) is 0.824. The minimum atomic E-state index is -0.534. The van der Waals surface area contributed by atoms with E-state index in [1.54, 1.807) is 0 Å². The van der Waals surface area contributed by atoms with Gasteiger partial charge in [-0.05, 0) is 6.42 Å². The van der Waals surface area contributed by atoms with Crippen molar-refractivity contribution in [2.24, 2.45) is 0 Å². The summed E-state index contributed by atoms with van der Waals surface area (Å²) in [7, 11) is 0. The highest BCUT2D eigenvalue weighted by atomic mass is 79.9. The number of hydrogen-bond acceptors (Lipinski definition) is 9. The number of ether oxygens (including phenoxy) is 5. The molecule has 0 aromatic heterocycles. The molecule has 9 nitrogen and oxygen atoms in total. The molecular weight excluding hydrogens is 826 g/mol. The van der Waals surface area contributed by atoms with E-state index in [9.17, 15) is 14.4 Å². The topological polar surface area (TPSA) is 101 Å². The van der Waals surface area contributed by atoms with E-state index < -0.39 is 23.1 Å². The summed E-state index contributed by atoms with van der Waals surface area (Å²) in [5, 5.41) is 0. The maximum Gasteiger partial charge on any atom is 0.330 e. The molecule has 0 bridgehead atoms. The Morgan fingerprint density at radius 3 is 1.28 bits per heavy atom. The van der Waals surface area contributed by atoms with Gasteiger partial charge in [0.25, 0.3) is 0 Å². The van der Waals surface area contributed by atoms with Crippen LogP contribution in [0.4, 0.5) is 0 Å². The van der Waals surface area contributed by atoms with Crippen molar-refractivity contribution in [2.45, 2.75) is 17.6 Å². The fourth-order valence-corrected chi connectivity index (χ4v) is 2.77. The number of alkyl halides is 6. The number of nitrogens with zero attached hydrogens (tertiary/aromatic N) is 1. The molecule has 0 N–H and O–H groups in total. The van der Waals surface area contributed by atoms with E-state index in [4.69, 9.17) is 23.7 Å². The third-order valence-corrected chi connectivity index (χ3v) is 5.69. The number of carbonyl (C=O) groups excluding carboxylic acids is 3. The van der Waals surface area contributed by atoms with E-state index in [1.807, 2.05) is 0 Å². The normalized spacial score (nSPS) is 11.4. The Balaban J connectivity index is 4.14. The van der Waals surface area contributed by atoms with Gasteiger partial charge in [-0.25, -0.2) is 14.4 Å². The second kappa shape index (κ2) is 21.5. The predicted molar refractivity (Wildman–Crippen MR) is 140 cm³/mol. The molecule has 15 heteroatoms. The van der Waals surface area contributed by atoms with Crippen molar-refractivity contribution < 1.29 is 38.1 Å². The summed E-state index contributed by atoms with van der Waals surface area (Å²) < 4.78 is 24.5. The molecule has 0 aliphatic carbocycles. The first kappa shape index (κ1) is 33.2. The molecule has 32 heavy (non-hydrogen) atoms. The van der Waals surface area contributed by atoms with Crippen molar-refractivity contribution in [3.05, 3.63) is 0 Å². The Morgan fingerprint density at radius 1 is 0.531 bits per heavy atom. The average Bonchev–Trinajstić information content (AvgIpc) is 2.74. The molecular formula is C17H25Br6NO8. The van der Waals surface area contributed by atoms with Crippen LogP contribution in [0.25, 0.3) is 0 Å². The van der Waals surface area contributed by atoms with Crippen LogP contribution in [0.5, 0.6) is 0 Å². The lowest BCUT2D eigenvalue weighted by molar-refractivity contribution is -0.143. The van der Waals surface area contributed by atoms with Crippen LogP contribution in [0.3, 0.4) is 0 Å². The first-order valence-corrected chi connectivity index (χ1v) is 14.9. The highest BCUT2D eigenvalue weighted by molar-refractivity contribution is 9.25. The van der Waals surface area contributed by atoms with Crippen LogP contribution in [0.1, 0.15) is 6.42 Å². The highest BCUT2D eigenvalue weighted by Crippen LogP contribution is 2.11. The third kappa shape index (κ3) is 19.5. The number of hydrogen-bond donors (Lipinski definition) is 0. The summed E-state index contributed by atoms with van der Waals surface area (Å²) in [5.41, 5.74) is 0. The molecule has 0 saturated carbocycles. The van der Waals surface area contributed by atoms with Gasteiger partial charge in [-0.2, -0.15) is 0 Å². The monoisotopic (exact) mass is 845 g/mol. The van der Waals surface area contributed by atoms with Crippen molar-refractivity contribution in [2.75, 3.05) is 65.9 Å². The predicted octanol–water partition coefficient (Wildman–Crippen LogP) is 3.69. The molecule has 0 saturated heterocycles. The van der Waals surface area contributed by atoms with Crippen LogP contribution in [0.2, 0.25) is 0 Å². The molecule has 0 atom stereocenters. The maximum absolute atomic E-state index is 11.5. The summed E-state index contributed by atoms with van der Waals surface area (Å²) in [6.45, 7) is 3.95. The Hall–Kier alpha value is 1.17. The van der Waals surface area contributed by atoms with E-state index in [2.05, 4.69) is 100 Å². The molecule has 0 heterocycles. The molecule has 0 spiro atoms. The second-order valence-electron chi connectivity index (χ2n) is 5.82. The minimum absolute atomic E-state index is 0.161. The van der Waals surface area contributed by atoms with E-state index in [-0.39, 0.29) is 39.0 Å². The first-order chi connectivity index (χ1) is 15.1. The van der Waals surface area contributed by atoms with Gasteiger partial charge in [-0.3, -0.25) is 4.90 Å². The summed E-state index contributed by atoms with van der Waals surface area (Å²) in [6.07, 6.45) is 0.642. The maximum atomic E-state index is 11.5. The van der Waals surface area contributed by atoms with Crippen LogP contribution < -0.4 is 0 Å². The molecule has 0 rings (SSSR count). The molecule has 0 aliphatic rings. The van der Waals surface area contributed by atoms with Gasteiger partial charge < -0.3 is 23.7 Å². The summed E-state index contributed by atoms with van der Waals surface area (Å²) in [6, 6.07) is 0. The van der Waals surface area contributed by atoms with Gasteiger partial charge in [0.15, 0.2) is 11.2 Å². The van der Waals surface area contributed by atoms with Gasteiger partial charge in [0.05, 0.1) is 33.0 Å². The number of carbonyl (C=O) groups is 3. The number of rotatable bonds is 19. The van der Waals surface area contributed by atoms with Gasteiger partial charge in [0.1, 0.15) is 13.2 Å². The molecule has 0 radical (unpaired) electrons. The third-order valence-electron chi connectivity index (χ3n) is 3.45. The second-order valence-corrected chi connectivity index (χ2v) is 15.0. The number of halogens is 6. The Morgan fingerprint density at radius 2 is 0.906 bits per heavy atom. The van der Waals surface area contributed by atoms with Crippen LogP contribution in [-0.2, 0) is 38.1 Å². The molecule has 188 valence electrons. The largest absolute Gasteiger partial charge is 0.464 e. The lowest BCUT2D eigenvalue weighted by Crippen LogP contribution is -2.33. The van der Waals surface area contributed by atoms with Gasteiger partial charge in [0.2, 0.25) is 0 Å². The first-order valence-electron chi connectivity index (χ1n) is 9.37. The highest BCUT2D eigenvalue weighted by Gasteiger charge is 2.14. The van der Waals surface area contributed by atoms with Crippen LogP contribution >= 0.6 is 95.6 Å². The van der Waals surface area contributed by atoms with E-state index in [0.717, 1.165) is 0 Å². The van der Waals surface area contributed by atoms with E-state index in [0.29, 0.717) is 39.3 Å². The Labute approximate surface area is 238 Å². The van der Waals surface area contributed by atoms with Gasteiger partial charge in [0, 0.05) is 19.6 Å². The van der Waals surface area contributed by atoms with Gasteiger partial charge in [-0.15, -0.1) is 0 Å². The van der Waals surface area contributed by atoms with E-state index in [1.165, 1.54) is 0 Å². The standard InChI is InChI=1S/C17H25Br6NO8/c18-12(19)15(25)30-5-1-2-24(3-6-28-8-10-31-16(26)13(20)21)4-7-29-9-11-32-17(27)14(22)23/h12-14H,1-11H2. The zero-order valence-corrected chi connectivity index (χ0v) is 26.5. The number of esters is 3. The molecule has 0 aliphatic heterocycles. The van der Waals surface area contributed by atoms with Crippen molar-refractivity contribution in [1.29, 1.82) is 0 Å². The van der Waals surface area contributed by atoms with Gasteiger partial charge in [-0.1, -0.05) is 95.6 Å². The smallest absolute Gasteiger partial charge is 0.330 e. The fourth-order valence-electron chi connectivity index (χ4n) is 1.98. The van der Waals surface area contributed by atoms with Crippen LogP contribution in [0, 0.1) is 0 Å². The summed E-state index contributed by atoms with van der Waals surface area (Å²) in [5.74, 6) is -1.20. The molecule has 0 aromatic rings. The van der Waals surface area contributed by atoms with Crippen molar-refractivity contribution in [1.82, 2.24) is 4.90 Å². The average molecular weight is 851 g/mol.